The number of benzene rings is 2. The zero-order valence-corrected chi connectivity index (χ0v) is 17.5. The molecular formula is C21H28N2O4S. The van der Waals surface area contributed by atoms with E-state index in [1.165, 1.54) is 0 Å². The highest BCUT2D eigenvalue weighted by Gasteiger charge is 2.27. The van der Waals surface area contributed by atoms with Crippen molar-refractivity contribution in [1.29, 1.82) is 0 Å². The van der Waals surface area contributed by atoms with Crippen LogP contribution in [0, 0.1) is 13.8 Å². The Labute approximate surface area is 167 Å². The zero-order chi connectivity index (χ0) is 20.6. The molecule has 2 rings (SSSR count). The van der Waals surface area contributed by atoms with Gasteiger partial charge in [0.25, 0.3) is 10.0 Å². The number of hydrogen-bond donors (Lipinski definition) is 1. The minimum atomic E-state index is -3.87. The van der Waals surface area contributed by atoms with Crippen LogP contribution in [0.3, 0.4) is 0 Å². The fourth-order valence-corrected chi connectivity index (χ4v) is 4.02. The summed E-state index contributed by atoms with van der Waals surface area (Å²) in [6.45, 7) is 7.06. The molecule has 0 saturated carbocycles. The summed E-state index contributed by atoms with van der Waals surface area (Å²) in [6.07, 6.45) is 0.675. The Balaban J connectivity index is 2.21. The van der Waals surface area contributed by atoms with Crippen LogP contribution in [-0.2, 0) is 19.6 Å². The minimum absolute atomic E-state index is 0.155. The number of rotatable bonds is 10. The van der Waals surface area contributed by atoms with Gasteiger partial charge in [-0.05, 0) is 51.5 Å². The van der Waals surface area contributed by atoms with Crippen LogP contribution < -0.4 is 9.62 Å². The average molecular weight is 405 g/mol. The van der Waals surface area contributed by atoms with E-state index in [4.69, 9.17) is 4.74 Å². The molecule has 0 aliphatic heterocycles. The number of carbonyl (C=O) groups excluding carboxylic acids is 1. The third-order valence-corrected chi connectivity index (χ3v) is 6.00. The van der Waals surface area contributed by atoms with E-state index in [0.29, 0.717) is 31.9 Å². The summed E-state index contributed by atoms with van der Waals surface area (Å²) in [5.74, 6) is -0.354. The molecular weight excluding hydrogens is 376 g/mol. The molecule has 0 aromatic heterocycles. The second-order valence-electron chi connectivity index (χ2n) is 6.56. The van der Waals surface area contributed by atoms with Crippen molar-refractivity contribution in [3.8, 4) is 0 Å². The Morgan fingerprint density at radius 2 is 1.57 bits per heavy atom. The van der Waals surface area contributed by atoms with Crippen molar-refractivity contribution in [1.82, 2.24) is 5.32 Å². The van der Waals surface area contributed by atoms with Crippen molar-refractivity contribution in [2.24, 2.45) is 0 Å². The van der Waals surface area contributed by atoms with Crippen LogP contribution in [0.2, 0.25) is 0 Å². The third kappa shape index (κ3) is 6.07. The standard InChI is InChI=1S/C21H28N2O4S/c1-4-27-15-5-14-22-21(24)16-23(19-10-6-17(2)7-11-19)28(25,26)20-12-8-18(3)9-13-20/h6-13H,4-5,14-16H2,1-3H3,(H,22,24). The van der Waals surface area contributed by atoms with E-state index < -0.39 is 10.0 Å². The van der Waals surface area contributed by atoms with Crippen molar-refractivity contribution in [2.45, 2.75) is 32.1 Å². The molecule has 0 aliphatic rings. The summed E-state index contributed by atoms with van der Waals surface area (Å²) in [5, 5.41) is 2.76. The zero-order valence-electron chi connectivity index (χ0n) is 16.6. The molecule has 0 radical (unpaired) electrons. The fourth-order valence-electron chi connectivity index (χ4n) is 2.60. The molecule has 6 nitrogen and oxygen atoms in total. The molecule has 0 atom stereocenters. The SMILES string of the molecule is CCOCCCNC(=O)CN(c1ccc(C)cc1)S(=O)(=O)c1ccc(C)cc1. The van der Waals surface area contributed by atoms with Crippen molar-refractivity contribution in [2.75, 3.05) is 30.6 Å². The van der Waals surface area contributed by atoms with Crippen LogP contribution in [0.4, 0.5) is 5.69 Å². The Morgan fingerprint density at radius 1 is 1.00 bits per heavy atom. The maximum Gasteiger partial charge on any atom is 0.264 e. The van der Waals surface area contributed by atoms with Gasteiger partial charge in [-0.3, -0.25) is 9.10 Å². The van der Waals surface area contributed by atoms with E-state index in [-0.39, 0.29) is 17.3 Å². The van der Waals surface area contributed by atoms with Crippen molar-refractivity contribution in [3.63, 3.8) is 0 Å². The van der Waals surface area contributed by atoms with E-state index in [9.17, 15) is 13.2 Å². The lowest BCUT2D eigenvalue weighted by atomic mass is 10.2. The predicted octanol–water partition coefficient (Wildman–Crippen LogP) is 3.04. The molecule has 0 aliphatic carbocycles. The van der Waals surface area contributed by atoms with Gasteiger partial charge in [-0.25, -0.2) is 8.42 Å². The highest BCUT2D eigenvalue weighted by Crippen LogP contribution is 2.24. The Bertz CT molecular complexity index is 862. The quantitative estimate of drug-likeness (QED) is 0.618. The van der Waals surface area contributed by atoms with Crippen molar-refractivity contribution < 1.29 is 17.9 Å². The summed E-state index contributed by atoms with van der Waals surface area (Å²) in [6, 6.07) is 13.7. The first-order chi connectivity index (χ1) is 13.3. The van der Waals surface area contributed by atoms with Crippen molar-refractivity contribution in [3.05, 3.63) is 59.7 Å². The van der Waals surface area contributed by atoms with Gasteiger partial charge in [0.1, 0.15) is 6.54 Å². The van der Waals surface area contributed by atoms with Crippen LogP contribution in [-0.4, -0.2) is 40.6 Å². The highest BCUT2D eigenvalue weighted by atomic mass is 32.2. The monoisotopic (exact) mass is 404 g/mol. The van der Waals surface area contributed by atoms with E-state index in [1.54, 1.807) is 36.4 Å². The van der Waals surface area contributed by atoms with Crippen LogP contribution in [0.1, 0.15) is 24.5 Å². The third-order valence-electron chi connectivity index (χ3n) is 4.21. The molecule has 2 aromatic carbocycles. The molecule has 0 heterocycles. The predicted molar refractivity (Wildman–Crippen MR) is 111 cm³/mol. The Hall–Kier alpha value is -2.38. The summed E-state index contributed by atoms with van der Waals surface area (Å²) in [5.41, 5.74) is 2.43. The van der Waals surface area contributed by atoms with Gasteiger partial charge >= 0.3 is 0 Å². The van der Waals surface area contributed by atoms with E-state index in [1.807, 2.05) is 32.9 Å². The van der Waals surface area contributed by atoms with Crippen LogP contribution in [0.5, 0.6) is 0 Å². The topological polar surface area (TPSA) is 75.7 Å². The molecule has 152 valence electrons. The Kier molecular flexibility index (Phi) is 8.02. The van der Waals surface area contributed by atoms with E-state index >= 15 is 0 Å². The average Bonchev–Trinajstić information content (AvgIpc) is 2.67. The van der Waals surface area contributed by atoms with Gasteiger partial charge in [-0.15, -0.1) is 0 Å². The van der Waals surface area contributed by atoms with Gasteiger partial charge in [0.15, 0.2) is 0 Å². The molecule has 1 amide bonds. The molecule has 0 unspecified atom stereocenters. The second kappa shape index (κ2) is 10.2. The lowest BCUT2D eigenvalue weighted by Gasteiger charge is -2.24. The van der Waals surface area contributed by atoms with Crippen LogP contribution in [0.25, 0.3) is 0 Å². The number of aryl methyl sites for hydroxylation is 2. The summed E-state index contributed by atoms with van der Waals surface area (Å²) < 4.78 is 32.8. The molecule has 0 spiro atoms. The van der Waals surface area contributed by atoms with Crippen LogP contribution >= 0.6 is 0 Å². The molecule has 7 heteroatoms. The van der Waals surface area contributed by atoms with E-state index in [0.717, 1.165) is 15.4 Å². The maximum absolute atomic E-state index is 13.2. The number of nitrogens with one attached hydrogen (secondary N) is 1. The second-order valence-corrected chi connectivity index (χ2v) is 8.42. The minimum Gasteiger partial charge on any atom is -0.382 e. The summed E-state index contributed by atoms with van der Waals surface area (Å²) in [7, 11) is -3.87. The largest absolute Gasteiger partial charge is 0.382 e. The van der Waals surface area contributed by atoms with Gasteiger partial charge in [-0.2, -0.15) is 0 Å². The molecule has 0 bridgehead atoms. The van der Waals surface area contributed by atoms with Gasteiger partial charge in [0.2, 0.25) is 5.91 Å². The summed E-state index contributed by atoms with van der Waals surface area (Å²) in [4.78, 5) is 12.6. The van der Waals surface area contributed by atoms with Gasteiger partial charge in [0, 0.05) is 19.8 Å². The highest BCUT2D eigenvalue weighted by molar-refractivity contribution is 7.92. The number of carbonyl (C=O) groups is 1. The number of ether oxygens (including phenoxy) is 1. The first-order valence-electron chi connectivity index (χ1n) is 9.35. The Morgan fingerprint density at radius 3 is 2.14 bits per heavy atom. The number of amides is 1. The first-order valence-corrected chi connectivity index (χ1v) is 10.8. The van der Waals surface area contributed by atoms with Crippen LogP contribution in [0.15, 0.2) is 53.4 Å². The maximum atomic E-state index is 13.2. The van der Waals surface area contributed by atoms with Gasteiger partial charge in [-0.1, -0.05) is 35.4 Å². The van der Waals surface area contributed by atoms with E-state index in [2.05, 4.69) is 5.32 Å². The normalized spacial score (nSPS) is 11.2. The first kappa shape index (κ1) is 21.9. The lowest BCUT2D eigenvalue weighted by Crippen LogP contribution is -2.41. The molecule has 2 aromatic rings. The van der Waals surface area contributed by atoms with Gasteiger partial charge in [0.05, 0.1) is 10.6 Å². The van der Waals surface area contributed by atoms with Crippen molar-refractivity contribution >= 4 is 21.6 Å². The summed E-state index contributed by atoms with van der Waals surface area (Å²) >= 11 is 0. The smallest absolute Gasteiger partial charge is 0.264 e. The van der Waals surface area contributed by atoms with Gasteiger partial charge < -0.3 is 10.1 Å². The molecule has 28 heavy (non-hydrogen) atoms. The molecule has 1 N–H and O–H groups in total. The fraction of sp³-hybridized carbons (Fsp3) is 0.381. The number of hydrogen-bond acceptors (Lipinski definition) is 4. The molecule has 0 fully saturated rings. The number of nitrogens with zero attached hydrogens (tertiary/aromatic N) is 1. The lowest BCUT2D eigenvalue weighted by molar-refractivity contribution is -0.119. The molecule has 0 saturated heterocycles. The number of sulfonamides is 1. The number of anilines is 1.